The van der Waals surface area contributed by atoms with E-state index in [9.17, 15) is 4.39 Å². The van der Waals surface area contributed by atoms with Crippen molar-refractivity contribution in [2.45, 2.75) is 81.6 Å². The lowest BCUT2D eigenvalue weighted by Gasteiger charge is -2.59. The van der Waals surface area contributed by atoms with Crippen LogP contribution in [0.4, 0.5) is 4.39 Å². The molecule has 0 radical (unpaired) electrons. The molecule has 2 aliphatic heterocycles. The van der Waals surface area contributed by atoms with Gasteiger partial charge >= 0.3 is 0 Å². The summed E-state index contributed by atoms with van der Waals surface area (Å²) < 4.78 is 50.8. The molecule has 7 heteroatoms. The third kappa shape index (κ3) is 3.28. The van der Waals surface area contributed by atoms with Gasteiger partial charge in [-0.15, -0.1) is 0 Å². The van der Waals surface area contributed by atoms with Crippen LogP contribution in [0, 0.1) is 0 Å². The highest BCUT2D eigenvalue weighted by Crippen LogP contribution is 2.51. The second kappa shape index (κ2) is 7.97. The Bertz CT molecular complexity index is 660. The minimum atomic E-state index is -1.61. The molecule has 1 aromatic carbocycles. The van der Waals surface area contributed by atoms with Gasteiger partial charge in [-0.1, -0.05) is 30.3 Å². The van der Waals surface area contributed by atoms with E-state index in [1.54, 1.807) is 21.1 Å². The van der Waals surface area contributed by atoms with E-state index in [1.165, 1.54) is 0 Å². The minimum absolute atomic E-state index is 0.256. The molecule has 2 heterocycles. The fourth-order valence-corrected chi connectivity index (χ4v) is 4.64. The van der Waals surface area contributed by atoms with Crippen LogP contribution in [0.15, 0.2) is 30.3 Å². The molecular formula is C21H29FO6. The molecule has 0 aromatic heterocycles. The van der Waals surface area contributed by atoms with Gasteiger partial charge in [0.1, 0.15) is 18.3 Å². The Morgan fingerprint density at radius 3 is 2.21 bits per heavy atom. The average molecular weight is 396 g/mol. The van der Waals surface area contributed by atoms with Gasteiger partial charge in [0.15, 0.2) is 0 Å². The first-order valence-electron chi connectivity index (χ1n) is 9.95. The van der Waals surface area contributed by atoms with Crippen LogP contribution in [0.5, 0.6) is 0 Å². The number of hydrogen-bond acceptors (Lipinski definition) is 6. The van der Waals surface area contributed by atoms with Crippen molar-refractivity contribution in [2.75, 3.05) is 14.2 Å². The van der Waals surface area contributed by atoms with E-state index in [2.05, 4.69) is 0 Å². The molecule has 1 saturated carbocycles. The quantitative estimate of drug-likeness (QED) is 0.761. The summed E-state index contributed by atoms with van der Waals surface area (Å²) >= 11 is 0. The molecular weight excluding hydrogens is 367 g/mol. The monoisotopic (exact) mass is 396 g/mol. The second-order valence-corrected chi connectivity index (χ2v) is 7.74. The van der Waals surface area contributed by atoms with Gasteiger partial charge in [-0.2, -0.15) is 0 Å². The summed E-state index contributed by atoms with van der Waals surface area (Å²) in [4.78, 5) is 0. The zero-order chi connectivity index (χ0) is 19.8. The Labute approximate surface area is 165 Å². The van der Waals surface area contributed by atoms with Crippen LogP contribution in [0.1, 0.15) is 38.2 Å². The van der Waals surface area contributed by atoms with E-state index < -0.39 is 42.3 Å². The van der Waals surface area contributed by atoms with E-state index in [1.807, 2.05) is 30.3 Å². The number of benzene rings is 1. The summed E-state index contributed by atoms with van der Waals surface area (Å²) in [6, 6.07) is 9.63. The Morgan fingerprint density at radius 1 is 1.00 bits per heavy atom. The predicted octanol–water partition coefficient (Wildman–Crippen LogP) is 3.33. The SMILES string of the molecule is CO[C@@]12CCCC[C@@]1(OC)O[C@@H]1[C@@H](O2)[C@H](OCc2ccccc2)[C@H](F)O[C@H]1C. The van der Waals surface area contributed by atoms with Crippen LogP contribution in [-0.2, 0) is 35.0 Å². The van der Waals surface area contributed by atoms with Gasteiger partial charge in [0.2, 0.25) is 17.9 Å². The molecule has 3 fully saturated rings. The highest BCUT2D eigenvalue weighted by molar-refractivity contribution is 5.13. The number of ether oxygens (including phenoxy) is 6. The van der Waals surface area contributed by atoms with Crippen LogP contribution in [0.2, 0.25) is 0 Å². The lowest BCUT2D eigenvalue weighted by Crippen LogP contribution is -2.74. The number of halogens is 1. The van der Waals surface area contributed by atoms with E-state index in [0.29, 0.717) is 12.8 Å². The summed E-state index contributed by atoms with van der Waals surface area (Å²) in [5.74, 6) is -2.13. The fourth-order valence-electron chi connectivity index (χ4n) is 4.64. The molecule has 0 amide bonds. The Balaban J connectivity index is 1.60. The fraction of sp³-hybridized carbons (Fsp3) is 0.714. The maximum Gasteiger partial charge on any atom is 0.228 e. The Morgan fingerprint density at radius 2 is 1.61 bits per heavy atom. The van der Waals surface area contributed by atoms with Crippen molar-refractivity contribution in [3.63, 3.8) is 0 Å². The largest absolute Gasteiger partial charge is 0.365 e. The van der Waals surface area contributed by atoms with E-state index >= 15 is 0 Å². The van der Waals surface area contributed by atoms with Crippen molar-refractivity contribution in [1.82, 2.24) is 0 Å². The molecule has 28 heavy (non-hydrogen) atoms. The average Bonchev–Trinajstić information content (AvgIpc) is 2.73. The number of methoxy groups -OCH3 is 2. The van der Waals surface area contributed by atoms with Crippen molar-refractivity contribution in [3.8, 4) is 0 Å². The van der Waals surface area contributed by atoms with E-state index in [0.717, 1.165) is 18.4 Å². The zero-order valence-electron chi connectivity index (χ0n) is 16.6. The molecule has 0 spiro atoms. The number of hydrogen-bond donors (Lipinski definition) is 0. The van der Waals surface area contributed by atoms with Crippen molar-refractivity contribution >= 4 is 0 Å². The summed E-state index contributed by atoms with van der Waals surface area (Å²) in [7, 11) is 3.18. The molecule has 3 aliphatic rings. The highest BCUT2D eigenvalue weighted by Gasteiger charge is 2.66. The van der Waals surface area contributed by atoms with Crippen molar-refractivity contribution in [1.29, 1.82) is 0 Å². The summed E-state index contributed by atoms with van der Waals surface area (Å²) in [6.07, 6.45) is -1.12. The van der Waals surface area contributed by atoms with Gasteiger partial charge in [-0.25, -0.2) is 4.39 Å². The van der Waals surface area contributed by atoms with Crippen molar-refractivity contribution < 1.29 is 32.8 Å². The van der Waals surface area contributed by atoms with E-state index in [4.69, 9.17) is 28.4 Å². The maximum atomic E-state index is 14.8. The zero-order valence-corrected chi connectivity index (χ0v) is 16.6. The number of alkyl halides is 1. The van der Waals surface area contributed by atoms with Crippen LogP contribution in [0.25, 0.3) is 0 Å². The molecule has 156 valence electrons. The summed E-state index contributed by atoms with van der Waals surface area (Å²) in [5.41, 5.74) is 0.951. The Hall–Kier alpha value is -1.09. The molecule has 1 aromatic rings. The maximum absolute atomic E-state index is 14.8. The molecule has 2 saturated heterocycles. The normalized spacial score (nSPS) is 43.2. The van der Waals surface area contributed by atoms with Gasteiger partial charge in [-0.3, -0.25) is 0 Å². The van der Waals surface area contributed by atoms with Crippen molar-refractivity contribution in [3.05, 3.63) is 35.9 Å². The molecule has 1 aliphatic carbocycles. The molecule has 7 atom stereocenters. The van der Waals surface area contributed by atoms with Gasteiger partial charge in [0, 0.05) is 27.1 Å². The third-order valence-electron chi connectivity index (χ3n) is 6.15. The number of fused-ring (bicyclic) bond motifs is 2. The first-order chi connectivity index (χ1) is 13.5. The smallest absolute Gasteiger partial charge is 0.228 e. The summed E-state index contributed by atoms with van der Waals surface area (Å²) in [6.45, 7) is 2.04. The first-order valence-corrected chi connectivity index (χ1v) is 9.95. The van der Waals surface area contributed by atoms with Crippen LogP contribution in [-0.4, -0.2) is 56.6 Å². The van der Waals surface area contributed by atoms with Crippen LogP contribution in [0.3, 0.4) is 0 Å². The lowest BCUT2D eigenvalue weighted by atomic mass is 9.84. The second-order valence-electron chi connectivity index (χ2n) is 7.74. The lowest BCUT2D eigenvalue weighted by molar-refractivity contribution is -0.493. The molecule has 0 bridgehead atoms. The first kappa shape index (κ1) is 20.2. The van der Waals surface area contributed by atoms with Gasteiger partial charge in [0.25, 0.3) is 0 Å². The summed E-state index contributed by atoms with van der Waals surface area (Å²) in [5, 5.41) is 0. The molecule has 0 unspecified atom stereocenters. The van der Waals surface area contributed by atoms with Gasteiger partial charge in [-0.05, 0) is 25.3 Å². The molecule has 0 N–H and O–H groups in total. The highest BCUT2D eigenvalue weighted by atomic mass is 19.1. The Kier molecular flexibility index (Phi) is 5.75. The third-order valence-corrected chi connectivity index (χ3v) is 6.15. The van der Waals surface area contributed by atoms with Crippen molar-refractivity contribution in [2.24, 2.45) is 0 Å². The number of rotatable bonds is 5. The van der Waals surface area contributed by atoms with Crippen LogP contribution >= 0.6 is 0 Å². The molecule has 6 nitrogen and oxygen atoms in total. The predicted molar refractivity (Wildman–Crippen MR) is 98.2 cm³/mol. The molecule has 4 rings (SSSR count). The van der Waals surface area contributed by atoms with Gasteiger partial charge < -0.3 is 28.4 Å². The topological polar surface area (TPSA) is 55.4 Å². The van der Waals surface area contributed by atoms with E-state index in [-0.39, 0.29) is 6.61 Å². The van der Waals surface area contributed by atoms with Gasteiger partial charge in [0.05, 0.1) is 12.7 Å². The standard InChI is InChI=1S/C21H29FO6/c1-14-16-17(18(19(22)26-14)25-13-15-9-5-4-6-10-15)28-21(24-3)12-8-7-11-20(21,23-2)27-16/h4-6,9-10,14,16-19H,7-8,11-13H2,1-3H3/t14-,16-,17+,18-,19+,20+,21+/m0/s1. The minimum Gasteiger partial charge on any atom is -0.365 e. The van der Waals surface area contributed by atoms with Crippen LogP contribution < -0.4 is 0 Å².